The molecule has 1 aliphatic heterocycles. The smallest absolute Gasteiger partial charge is 0.178 e. The Kier molecular flexibility index (Phi) is 7.47. The van der Waals surface area contributed by atoms with E-state index >= 15 is 0 Å². The molecule has 0 spiro atoms. The van der Waals surface area contributed by atoms with Crippen LogP contribution < -0.4 is 9.47 Å². The number of para-hydroxylation sites is 3. The average molecular weight is 774 g/mol. The topological polar surface area (TPSA) is 70.3 Å². The van der Waals surface area contributed by atoms with Crippen LogP contribution in [0.5, 0.6) is 23.0 Å². The Hall–Kier alpha value is -7.83. The van der Waals surface area contributed by atoms with Crippen molar-refractivity contribution in [1.82, 2.24) is 15.0 Å². The summed E-state index contributed by atoms with van der Waals surface area (Å²) < 4.78 is 20.1. The van der Waals surface area contributed by atoms with Crippen molar-refractivity contribution in [1.29, 1.82) is 0 Å². The molecule has 0 unspecified atom stereocenters. The van der Waals surface area contributed by atoms with Gasteiger partial charge in [-0.1, -0.05) is 172 Å². The first-order valence-corrected chi connectivity index (χ1v) is 20.2. The summed E-state index contributed by atoms with van der Waals surface area (Å²) in [6.45, 7) is 4.54. The van der Waals surface area contributed by atoms with E-state index in [-0.39, 0.29) is 5.41 Å². The molecule has 3 heterocycles. The van der Waals surface area contributed by atoms with Crippen LogP contribution in [0.2, 0.25) is 0 Å². The lowest BCUT2D eigenvalue weighted by Crippen LogP contribution is -2.15. The van der Waals surface area contributed by atoms with E-state index in [1.54, 1.807) is 0 Å². The molecule has 6 heteroatoms. The lowest BCUT2D eigenvalue weighted by atomic mass is 9.82. The van der Waals surface area contributed by atoms with Crippen LogP contribution in [0.1, 0.15) is 25.0 Å². The molecule has 0 N–H and O–H groups in total. The van der Waals surface area contributed by atoms with E-state index in [0.29, 0.717) is 34.7 Å². The van der Waals surface area contributed by atoms with Gasteiger partial charge in [0, 0.05) is 49.6 Å². The van der Waals surface area contributed by atoms with Crippen LogP contribution in [-0.2, 0) is 5.41 Å². The normalized spacial score (nSPS) is 13.2. The van der Waals surface area contributed by atoms with Crippen molar-refractivity contribution in [3.05, 3.63) is 187 Å². The molecule has 1 aliphatic carbocycles. The van der Waals surface area contributed by atoms with Gasteiger partial charge in [-0.05, 0) is 46.0 Å². The van der Waals surface area contributed by atoms with Gasteiger partial charge in [-0.15, -0.1) is 0 Å². The molecule has 2 aromatic heterocycles. The summed E-state index contributed by atoms with van der Waals surface area (Å²) in [6.07, 6.45) is 0. The number of rotatable bonds is 5. The summed E-state index contributed by atoms with van der Waals surface area (Å²) in [4.78, 5) is 15.3. The highest BCUT2D eigenvalue weighted by Gasteiger charge is 2.40. The lowest BCUT2D eigenvalue weighted by Gasteiger charge is -2.26. The van der Waals surface area contributed by atoms with Crippen molar-refractivity contribution >= 4 is 21.9 Å². The van der Waals surface area contributed by atoms with Crippen molar-refractivity contribution in [3.8, 4) is 90.5 Å². The number of furan rings is 1. The first-order valence-electron chi connectivity index (χ1n) is 20.2. The van der Waals surface area contributed by atoms with Gasteiger partial charge in [-0.2, -0.15) is 0 Å². The number of aromatic nitrogens is 3. The maximum atomic E-state index is 6.86. The average Bonchev–Trinajstić information content (AvgIpc) is 3.80. The quantitative estimate of drug-likeness (QED) is 0.173. The van der Waals surface area contributed by atoms with Crippen LogP contribution in [-0.4, -0.2) is 15.0 Å². The lowest BCUT2D eigenvalue weighted by molar-refractivity contribution is 0.361. The van der Waals surface area contributed by atoms with E-state index in [2.05, 4.69) is 111 Å². The molecule has 0 fully saturated rings. The van der Waals surface area contributed by atoms with E-state index in [4.69, 9.17) is 28.8 Å². The minimum absolute atomic E-state index is 0.153. The Labute approximate surface area is 346 Å². The molecule has 10 aromatic rings. The maximum Gasteiger partial charge on any atom is 0.178 e. The second-order valence-corrected chi connectivity index (χ2v) is 15.9. The fourth-order valence-corrected chi connectivity index (χ4v) is 9.09. The first kappa shape index (κ1) is 34.2. The fourth-order valence-electron chi connectivity index (χ4n) is 9.09. The largest absolute Gasteiger partial charge is 0.455 e. The van der Waals surface area contributed by atoms with Gasteiger partial charge in [-0.3, -0.25) is 0 Å². The van der Waals surface area contributed by atoms with E-state index in [1.807, 2.05) is 78.9 Å². The van der Waals surface area contributed by atoms with Gasteiger partial charge in [0.05, 0.1) is 0 Å². The van der Waals surface area contributed by atoms with E-state index < -0.39 is 0 Å². The highest BCUT2D eigenvalue weighted by molar-refractivity contribution is 6.09. The fraction of sp³-hybridized carbons (Fsp3) is 0.0556. The molecule has 6 nitrogen and oxygen atoms in total. The molecule has 0 amide bonds. The van der Waals surface area contributed by atoms with Gasteiger partial charge >= 0.3 is 0 Å². The predicted octanol–water partition coefficient (Wildman–Crippen LogP) is 14.3. The Balaban J connectivity index is 0.957. The molecular formula is C54H35N3O3. The summed E-state index contributed by atoms with van der Waals surface area (Å²) in [5, 5.41) is 2.20. The highest BCUT2D eigenvalue weighted by atomic mass is 16.6. The SMILES string of the molecule is CC1(C)c2ccccc2-c2c1ccc1c2Oc2cccc(-c3ccccc3-c3nc(-c4ccccc4)nc(-c4ccc(-c5cccc6c5oc5ccccc56)cc4)n3)c2O1. The third-order valence-corrected chi connectivity index (χ3v) is 12.1. The van der Waals surface area contributed by atoms with Crippen LogP contribution >= 0.6 is 0 Å². The number of hydrogen-bond acceptors (Lipinski definition) is 6. The molecule has 0 bridgehead atoms. The second-order valence-electron chi connectivity index (χ2n) is 15.9. The zero-order chi connectivity index (χ0) is 40.0. The van der Waals surface area contributed by atoms with Crippen LogP contribution in [0, 0.1) is 0 Å². The molecule has 2 aliphatic rings. The van der Waals surface area contributed by atoms with Crippen molar-refractivity contribution < 1.29 is 13.9 Å². The summed E-state index contributed by atoms with van der Waals surface area (Å²) in [6, 6.07) is 59.9. The minimum atomic E-state index is -0.153. The number of nitrogens with zero attached hydrogens (tertiary/aromatic N) is 3. The molecule has 60 heavy (non-hydrogen) atoms. The maximum absolute atomic E-state index is 6.86. The molecule has 8 aromatic carbocycles. The Morgan fingerprint density at radius 2 is 0.967 bits per heavy atom. The highest BCUT2D eigenvalue weighted by Crippen LogP contribution is 2.59. The van der Waals surface area contributed by atoms with Crippen molar-refractivity contribution in [2.24, 2.45) is 0 Å². The van der Waals surface area contributed by atoms with Gasteiger partial charge in [-0.25, -0.2) is 15.0 Å². The van der Waals surface area contributed by atoms with Gasteiger partial charge in [0.1, 0.15) is 11.2 Å². The van der Waals surface area contributed by atoms with E-state index in [9.17, 15) is 0 Å². The molecular weight excluding hydrogens is 739 g/mol. The predicted molar refractivity (Wildman–Crippen MR) is 238 cm³/mol. The van der Waals surface area contributed by atoms with Gasteiger partial charge < -0.3 is 13.9 Å². The Morgan fingerprint density at radius 1 is 0.383 bits per heavy atom. The molecule has 0 atom stereocenters. The van der Waals surface area contributed by atoms with Crippen molar-refractivity contribution in [2.45, 2.75) is 19.3 Å². The third kappa shape index (κ3) is 5.24. The Bertz CT molecular complexity index is 3350. The molecule has 0 saturated heterocycles. The third-order valence-electron chi connectivity index (χ3n) is 12.1. The first-order chi connectivity index (χ1) is 29.5. The summed E-state index contributed by atoms with van der Waals surface area (Å²) in [5.74, 6) is 4.45. The minimum Gasteiger partial charge on any atom is -0.455 e. The number of ether oxygens (including phenoxy) is 2. The monoisotopic (exact) mass is 773 g/mol. The van der Waals surface area contributed by atoms with Crippen molar-refractivity contribution in [2.75, 3.05) is 0 Å². The molecule has 12 rings (SSSR count). The molecule has 0 radical (unpaired) electrons. The van der Waals surface area contributed by atoms with Crippen LogP contribution in [0.15, 0.2) is 180 Å². The van der Waals surface area contributed by atoms with Gasteiger partial charge in [0.2, 0.25) is 0 Å². The van der Waals surface area contributed by atoms with Crippen LogP contribution in [0.4, 0.5) is 0 Å². The van der Waals surface area contributed by atoms with Gasteiger partial charge in [0.15, 0.2) is 40.5 Å². The number of hydrogen-bond donors (Lipinski definition) is 0. The summed E-state index contributed by atoms with van der Waals surface area (Å²) in [5.41, 5.74) is 12.9. The van der Waals surface area contributed by atoms with E-state index in [1.165, 1.54) is 16.7 Å². The second kappa shape index (κ2) is 13.1. The Morgan fingerprint density at radius 3 is 1.80 bits per heavy atom. The number of benzene rings is 8. The van der Waals surface area contributed by atoms with Crippen LogP contribution in [0.25, 0.3) is 89.5 Å². The number of fused-ring (bicyclic) bond motifs is 9. The molecule has 0 saturated carbocycles. The van der Waals surface area contributed by atoms with Crippen LogP contribution in [0.3, 0.4) is 0 Å². The standard InChI is InChI=1S/C54H35N3O3/c1-54(2)42-23-10-8-19-41(42)47-43(54)30-31-46-50(47)60-45-25-13-22-38(49(45)59-46)36-16-6-7-18-40(36)53-56-51(33-14-4-3-5-15-33)55-52(57-53)34-28-26-32(27-29-34)35-20-12-21-39-37-17-9-11-24-44(37)58-48(35)39/h3-31H,1-2H3. The van der Waals surface area contributed by atoms with Gasteiger partial charge in [0.25, 0.3) is 0 Å². The summed E-state index contributed by atoms with van der Waals surface area (Å²) >= 11 is 0. The van der Waals surface area contributed by atoms with Crippen molar-refractivity contribution in [3.63, 3.8) is 0 Å². The zero-order valence-electron chi connectivity index (χ0n) is 32.8. The van der Waals surface area contributed by atoms with E-state index in [0.717, 1.165) is 72.2 Å². The molecule has 284 valence electrons. The zero-order valence-corrected chi connectivity index (χ0v) is 32.8. The summed E-state index contributed by atoms with van der Waals surface area (Å²) in [7, 11) is 0.